The van der Waals surface area contributed by atoms with Crippen LogP contribution in [0.15, 0.2) is 71.6 Å². The van der Waals surface area contributed by atoms with Gasteiger partial charge in [-0.15, -0.1) is 0 Å². The summed E-state index contributed by atoms with van der Waals surface area (Å²) in [6.45, 7) is 5.37. The van der Waals surface area contributed by atoms with Gasteiger partial charge in [0.2, 0.25) is 11.8 Å². The zero-order valence-corrected chi connectivity index (χ0v) is 19.4. The molecule has 8 heteroatoms. The first-order valence-corrected chi connectivity index (χ1v) is 12.0. The summed E-state index contributed by atoms with van der Waals surface area (Å²) in [5, 5.41) is 5.48. The molecule has 1 unspecified atom stereocenters. The number of anilines is 3. The highest BCUT2D eigenvalue weighted by molar-refractivity contribution is 7.93. The Kier molecular flexibility index (Phi) is 5.95. The molecule has 33 heavy (non-hydrogen) atoms. The molecule has 0 aliphatic carbocycles. The fraction of sp³-hybridized carbons (Fsp3) is 0.200. The highest BCUT2D eigenvalue weighted by atomic mass is 32.2. The third-order valence-corrected chi connectivity index (χ3v) is 7.67. The lowest BCUT2D eigenvalue weighted by Crippen LogP contribution is -2.52. The highest BCUT2D eigenvalue weighted by Gasteiger charge is 2.42. The first kappa shape index (κ1) is 22.5. The summed E-state index contributed by atoms with van der Waals surface area (Å²) >= 11 is 0. The summed E-state index contributed by atoms with van der Waals surface area (Å²) in [5.74, 6) is -1.01. The summed E-state index contributed by atoms with van der Waals surface area (Å²) in [5.41, 5.74) is 3.40. The molecule has 1 atom stereocenters. The Balaban J connectivity index is 1.79. The van der Waals surface area contributed by atoms with Crippen LogP contribution in [0.25, 0.3) is 0 Å². The second kappa shape index (κ2) is 8.71. The number of benzene rings is 3. The number of carbonyl (C=O) groups is 2. The molecule has 0 aromatic heterocycles. The van der Waals surface area contributed by atoms with Crippen LogP contribution in [0, 0.1) is 20.8 Å². The Morgan fingerprint density at radius 1 is 0.970 bits per heavy atom. The van der Waals surface area contributed by atoms with Crippen molar-refractivity contribution in [3.05, 3.63) is 83.4 Å². The van der Waals surface area contributed by atoms with E-state index in [0.29, 0.717) is 28.2 Å². The number of carbonyl (C=O) groups excluding carboxylic acids is 2. The van der Waals surface area contributed by atoms with Crippen LogP contribution in [0.2, 0.25) is 0 Å². The van der Waals surface area contributed by atoms with E-state index in [1.54, 1.807) is 74.5 Å². The van der Waals surface area contributed by atoms with Crippen molar-refractivity contribution >= 4 is 38.9 Å². The number of hydrogen-bond donors (Lipinski definition) is 2. The van der Waals surface area contributed by atoms with Crippen LogP contribution in [-0.4, -0.2) is 26.3 Å². The van der Waals surface area contributed by atoms with Gasteiger partial charge in [-0.2, -0.15) is 0 Å². The first-order chi connectivity index (χ1) is 15.7. The number of nitrogens with zero attached hydrogens (tertiary/aromatic N) is 1. The van der Waals surface area contributed by atoms with Crippen molar-refractivity contribution in [1.29, 1.82) is 0 Å². The topological polar surface area (TPSA) is 95.6 Å². The molecule has 2 N–H and O–H groups in total. The van der Waals surface area contributed by atoms with Crippen molar-refractivity contribution in [2.75, 3.05) is 14.9 Å². The molecule has 1 aliphatic heterocycles. The van der Waals surface area contributed by atoms with Crippen LogP contribution >= 0.6 is 0 Å². The molecule has 0 radical (unpaired) electrons. The minimum Gasteiger partial charge on any atom is -0.326 e. The average Bonchev–Trinajstić information content (AvgIpc) is 2.73. The van der Waals surface area contributed by atoms with Gasteiger partial charge in [-0.25, -0.2) is 8.42 Å². The largest absolute Gasteiger partial charge is 0.326 e. The minimum absolute atomic E-state index is 0.145. The molecule has 3 aromatic carbocycles. The fourth-order valence-electron chi connectivity index (χ4n) is 4.32. The number of rotatable bonds is 5. The number of para-hydroxylation sites is 3. The van der Waals surface area contributed by atoms with Crippen molar-refractivity contribution in [1.82, 2.24) is 0 Å². The Morgan fingerprint density at radius 2 is 1.58 bits per heavy atom. The van der Waals surface area contributed by atoms with Gasteiger partial charge in [0, 0.05) is 5.69 Å². The summed E-state index contributed by atoms with van der Waals surface area (Å²) in [6, 6.07) is 17.9. The predicted molar refractivity (Wildman–Crippen MR) is 129 cm³/mol. The van der Waals surface area contributed by atoms with Crippen LogP contribution in [-0.2, 0) is 19.6 Å². The van der Waals surface area contributed by atoms with Gasteiger partial charge < -0.3 is 10.6 Å². The number of sulfonamides is 1. The van der Waals surface area contributed by atoms with E-state index in [-0.39, 0.29) is 11.3 Å². The van der Waals surface area contributed by atoms with Gasteiger partial charge in [0.15, 0.2) is 0 Å². The molecule has 0 saturated heterocycles. The van der Waals surface area contributed by atoms with E-state index in [1.807, 2.05) is 13.0 Å². The molecule has 2 amide bonds. The molecule has 170 valence electrons. The molecular formula is C25H25N3O4S. The second-order valence-electron chi connectivity index (χ2n) is 8.17. The van der Waals surface area contributed by atoms with E-state index in [1.165, 1.54) is 0 Å². The van der Waals surface area contributed by atoms with Crippen LogP contribution in [0.3, 0.4) is 0 Å². The lowest BCUT2D eigenvalue weighted by Gasteiger charge is -2.37. The molecule has 0 saturated carbocycles. The van der Waals surface area contributed by atoms with Crippen LogP contribution < -0.4 is 14.9 Å². The Bertz CT molecular complexity index is 1310. The van der Waals surface area contributed by atoms with E-state index < -0.39 is 27.9 Å². The number of hydrogen-bond acceptors (Lipinski definition) is 4. The summed E-state index contributed by atoms with van der Waals surface area (Å²) in [6.07, 6.45) is -0.335. The van der Waals surface area contributed by atoms with Gasteiger partial charge in [0.1, 0.15) is 6.04 Å². The molecule has 7 nitrogen and oxygen atoms in total. The SMILES string of the molecule is Cc1cc(C)c(S(=O)(=O)N2c3ccccc3NC(=O)C2CC(=O)Nc2ccccc2)c(C)c1. The summed E-state index contributed by atoms with van der Waals surface area (Å²) in [7, 11) is -4.16. The Labute approximate surface area is 193 Å². The van der Waals surface area contributed by atoms with Crippen molar-refractivity contribution in [3.63, 3.8) is 0 Å². The molecule has 0 spiro atoms. The molecule has 1 heterocycles. The lowest BCUT2D eigenvalue weighted by molar-refractivity contribution is -0.122. The van der Waals surface area contributed by atoms with Gasteiger partial charge in [-0.3, -0.25) is 13.9 Å². The van der Waals surface area contributed by atoms with Gasteiger partial charge in [-0.05, 0) is 56.2 Å². The van der Waals surface area contributed by atoms with Gasteiger partial charge >= 0.3 is 0 Å². The van der Waals surface area contributed by atoms with Gasteiger partial charge in [0.05, 0.1) is 22.7 Å². The van der Waals surface area contributed by atoms with Crippen LogP contribution in [0.4, 0.5) is 17.1 Å². The molecule has 1 aliphatic rings. The van der Waals surface area contributed by atoms with Crippen LogP contribution in [0.5, 0.6) is 0 Å². The minimum atomic E-state index is -4.16. The van der Waals surface area contributed by atoms with Crippen molar-refractivity contribution in [2.45, 2.75) is 38.1 Å². The number of amides is 2. The second-order valence-corrected chi connectivity index (χ2v) is 9.92. The first-order valence-electron chi connectivity index (χ1n) is 10.6. The molecule has 4 rings (SSSR count). The lowest BCUT2D eigenvalue weighted by atomic mass is 10.1. The maximum atomic E-state index is 14.0. The number of nitrogens with one attached hydrogen (secondary N) is 2. The molecule has 0 fully saturated rings. The van der Waals surface area contributed by atoms with Crippen LogP contribution in [0.1, 0.15) is 23.1 Å². The maximum absolute atomic E-state index is 14.0. The summed E-state index contributed by atoms with van der Waals surface area (Å²) in [4.78, 5) is 26.0. The van der Waals surface area contributed by atoms with Crippen molar-refractivity contribution in [2.24, 2.45) is 0 Å². The quantitative estimate of drug-likeness (QED) is 0.594. The van der Waals surface area contributed by atoms with E-state index in [0.717, 1.165) is 9.87 Å². The Morgan fingerprint density at radius 3 is 2.24 bits per heavy atom. The van der Waals surface area contributed by atoms with Gasteiger partial charge in [0.25, 0.3) is 10.0 Å². The number of fused-ring (bicyclic) bond motifs is 1. The maximum Gasteiger partial charge on any atom is 0.265 e. The van der Waals surface area contributed by atoms with Crippen molar-refractivity contribution < 1.29 is 18.0 Å². The van der Waals surface area contributed by atoms with E-state index in [9.17, 15) is 18.0 Å². The third-order valence-electron chi connectivity index (χ3n) is 5.54. The van der Waals surface area contributed by atoms with E-state index in [2.05, 4.69) is 10.6 Å². The zero-order chi connectivity index (χ0) is 23.8. The standard InChI is InChI=1S/C25H25N3O4S/c1-16-13-17(2)24(18(3)14-16)33(31,32)28-21-12-8-7-11-20(21)27-25(30)22(28)15-23(29)26-19-9-5-4-6-10-19/h4-14,22H,15H2,1-3H3,(H,26,29)(H,27,30). The normalized spacial score (nSPS) is 15.5. The fourth-order valence-corrected chi connectivity index (χ4v) is 6.37. The average molecular weight is 464 g/mol. The molecule has 3 aromatic rings. The monoisotopic (exact) mass is 463 g/mol. The Hall–Kier alpha value is -3.65. The van der Waals surface area contributed by atoms with Crippen molar-refractivity contribution in [3.8, 4) is 0 Å². The van der Waals surface area contributed by atoms with E-state index >= 15 is 0 Å². The summed E-state index contributed by atoms with van der Waals surface area (Å²) < 4.78 is 29.1. The predicted octanol–water partition coefficient (Wildman–Crippen LogP) is 4.16. The number of aryl methyl sites for hydroxylation is 3. The smallest absolute Gasteiger partial charge is 0.265 e. The van der Waals surface area contributed by atoms with E-state index in [4.69, 9.17) is 0 Å². The third kappa shape index (κ3) is 4.34. The zero-order valence-electron chi connectivity index (χ0n) is 18.6. The molecular weight excluding hydrogens is 438 g/mol. The van der Waals surface area contributed by atoms with Gasteiger partial charge in [-0.1, -0.05) is 48.0 Å². The highest BCUT2D eigenvalue weighted by Crippen LogP contribution is 2.38. The molecule has 0 bridgehead atoms.